The van der Waals surface area contributed by atoms with Gasteiger partial charge in [-0.2, -0.15) is 0 Å². The summed E-state index contributed by atoms with van der Waals surface area (Å²) in [4.78, 5) is 12.2. The molecule has 0 saturated carbocycles. The molecule has 2 aromatic carbocycles. The number of hydrogen-bond donors (Lipinski definition) is 1. The molecule has 0 saturated heterocycles. The van der Waals surface area contributed by atoms with Gasteiger partial charge in [-0.3, -0.25) is 0 Å². The van der Waals surface area contributed by atoms with E-state index in [1.165, 1.54) is 6.07 Å². The van der Waals surface area contributed by atoms with Gasteiger partial charge in [-0.05, 0) is 42.3 Å². The zero-order chi connectivity index (χ0) is 18.2. The summed E-state index contributed by atoms with van der Waals surface area (Å²) < 4.78 is 10.9. The average molecular weight is 340 g/mol. The van der Waals surface area contributed by atoms with Crippen LogP contribution in [0.3, 0.4) is 0 Å². The van der Waals surface area contributed by atoms with Crippen LogP contribution in [0.4, 0.5) is 0 Å². The third kappa shape index (κ3) is 4.63. The van der Waals surface area contributed by atoms with Gasteiger partial charge in [0.05, 0.1) is 12.2 Å². The summed E-state index contributed by atoms with van der Waals surface area (Å²) in [5.74, 6) is 0.860. The second kappa shape index (κ2) is 8.92. The Morgan fingerprint density at radius 3 is 2.44 bits per heavy atom. The molecule has 0 bridgehead atoms. The van der Waals surface area contributed by atoms with Gasteiger partial charge in [-0.1, -0.05) is 39.3 Å². The quantitative estimate of drug-likeness (QED) is 0.501. The summed E-state index contributed by atoms with van der Waals surface area (Å²) in [5, 5.41) is 10.2. The SMILES string of the molecule is CC.CCCCOc1ccc(-c2cc3ccc(O)cc3oc2=O)cc1. The molecule has 4 nitrogen and oxygen atoms in total. The third-order valence-electron chi connectivity index (χ3n) is 3.65. The molecule has 3 aromatic rings. The molecule has 1 heterocycles. The van der Waals surface area contributed by atoms with E-state index in [9.17, 15) is 9.90 Å². The molecular weight excluding hydrogens is 316 g/mol. The van der Waals surface area contributed by atoms with Crippen molar-refractivity contribution in [3.05, 3.63) is 59.0 Å². The summed E-state index contributed by atoms with van der Waals surface area (Å²) >= 11 is 0. The minimum Gasteiger partial charge on any atom is -0.508 e. The van der Waals surface area contributed by atoms with Crippen LogP contribution < -0.4 is 10.4 Å². The lowest BCUT2D eigenvalue weighted by Crippen LogP contribution is -2.02. The van der Waals surface area contributed by atoms with Crippen molar-refractivity contribution in [3.63, 3.8) is 0 Å². The molecule has 0 atom stereocenters. The first-order valence-electron chi connectivity index (χ1n) is 8.67. The second-order valence-electron chi connectivity index (χ2n) is 5.40. The standard InChI is InChI=1S/C19H18O4.C2H6/c1-2-3-10-22-16-8-5-13(6-9-16)17-11-14-4-7-15(20)12-18(14)23-19(17)21;1-2/h4-9,11-12,20H,2-3,10H2,1H3;1-2H3. The monoisotopic (exact) mass is 340 g/mol. The molecule has 0 spiro atoms. The molecular formula is C21H24O4. The van der Waals surface area contributed by atoms with Gasteiger partial charge < -0.3 is 14.3 Å². The molecule has 0 fully saturated rings. The van der Waals surface area contributed by atoms with E-state index in [1.54, 1.807) is 18.2 Å². The lowest BCUT2D eigenvalue weighted by atomic mass is 10.1. The molecule has 132 valence electrons. The third-order valence-corrected chi connectivity index (χ3v) is 3.65. The first kappa shape index (κ1) is 18.6. The van der Waals surface area contributed by atoms with Gasteiger partial charge in [-0.25, -0.2) is 4.79 Å². The zero-order valence-corrected chi connectivity index (χ0v) is 14.9. The summed E-state index contributed by atoms with van der Waals surface area (Å²) in [5.41, 5.74) is 1.21. The number of phenols is 1. The first-order valence-corrected chi connectivity index (χ1v) is 8.67. The van der Waals surface area contributed by atoms with Crippen molar-refractivity contribution in [1.82, 2.24) is 0 Å². The Hall–Kier alpha value is -2.75. The maximum atomic E-state index is 12.2. The van der Waals surface area contributed by atoms with Gasteiger partial charge in [0.1, 0.15) is 17.1 Å². The van der Waals surface area contributed by atoms with Crippen LogP contribution >= 0.6 is 0 Å². The Labute approximate surface area is 147 Å². The fourth-order valence-electron chi connectivity index (χ4n) is 2.37. The predicted molar refractivity (Wildman–Crippen MR) is 101 cm³/mol. The molecule has 0 unspecified atom stereocenters. The van der Waals surface area contributed by atoms with Crippen molar-refractivity contribution in [3.8, 4) is 22.6 Å². The Morgan fingerprint density at radius 1 is 1.04 bits per heavy atom. The molecule has 0 aliphatic carbocycles. The molecule has 25 heavy (non-hydrogen) atoms. The average Bonchev–Trinajstić information content (AvgIpc) is 2.64. The first-order chi connectivity index (χ1) is 12.2. The van der Waals surface area contributed by atoms with Crippen LogP contribution in [0.2, 0.25) is 0 Å². The Balaban J connectivity index is 0.00000109. The smallest absolute Gasteiger partial charge is 0.344 e. The Bertz CT molecular complexity index is 863. The lowest BCUT2D eigenvalue weighted by molar-refractivity contribution is 0.309. The topological polar surface area (TPSA) is 59.7 Å². The van der Waals surface area contributed by atoms with E-state index >= 15 is 0 Å². The number of rotatable bonds is 5. The van der Waals surface area contributed by atoms with E-state index in [0.29, 0.717) is 17.8 Å². The number of unbranched alkanes of at least 4 members (excludes halogenated alkanes) is 1. The molecule has 4 heteroatoms. The Kier molecular flexibility index (Phi) is 6.63. The van der Waals surface area contributed by atoms with Crippen LogP contribution in [-0.4, -0.2) is 11.7 Å². The highest BCUT2D eigenvalue weighted by Crippen LogP contribution is 2.25. The van der Waals surface area contributed by atoms with Crippen LogP contribution in [0.5, 0.6) is 11.5 Å². The fourth-order valence-corrected chi connectivity index (χ4v) is 2.37. The number of fused-ring (bicyclic) bond motifs is 1. The highest BCUT2D eigenvalue weighted by Gasteiger charge is 2.08. The largest absolute Gasteiger partial charge is 0.508 e. The van der Waals surface area contributed by atoms with Crippen molar-refractivity contribution in [2.24, 2.45) is 0 Å². The van der Waals surface area contributed by atoms with Gasteiger partial charge in [0, 0.05) is 11.5 Å². The van der Waals surface area contributed by atoms with Crippen LogP contribution in [-0.2, 0) is 0 Å². The zero-order valence-electron chi connectivity index (χ0n) is 14.9. The summed E-state index contributed by atoms with van der Waals surface area (Å²) in [7, 11) is 0. The molecule has 1 aromatic heterocycles. The molecule has 0 aliphatic heterocycles. The van der Waals surface area contributed by atoms with Gasteiger partial charge in [-0.15, -0.1) is 0 Å². The minimum atomic E-state index is -0.428. The van der Waals surface area contributed by atoms with Gasteiger partial charge >= 0.3 is 5.63 Å². The molecule has 0 radical (unpaired) electrons. The number of ether oxygens (including phenoxy) is 1. The van der Waals surface area contributed by atoms with E-state index in [1.807, 2.05) is 38.1 Å². The van der Waals surface area contributed by atoms with E-state index < -0.39 is 5.63 Å². The van der Waals surface area contributed by atoms with Crippen molar-refractivity contribution in [2.75, 3.05) is 6.61 Å². The molecule has 0 amide bonds. The van der Waals surface area contributed by atoms with Crippen molar-refractivity contribution < 1.29 is 14.3 Å². The van der Waals surface area contributed by atoms with Crippen molar-refractivity contribution in [1.29, 1.82) is 0 Å². The van der Waals surface area contributed by atoms with E-state index in [2.05, 4.69) is 6.92 Å². The van der Waals surface area contributed by atoms with Crippen LogP contribution in [0, 0.1) is 0 Å². The number of hydrogen-bond acceptors (Lipinski definition) is 4. The number of benzene rings is 2. The molecule has 0 aliphatic rings. The van der Waals surface area contributed by atoms with Crippen LogP contribution in [0.1, 0.15) is 33.6 Å². The molecule has 1 N–H and O–H groups in total. The van der Waals surface area contributed by atoms with Crippen molar-refractivity contribution in [2.45, 2.75) is 33.6 Å². The number of aromatic hydroxyl groups is 1. The van der Waals surface area contributed by atoms with Gasteiger partial charge in [0.25, 0.3) is 0 Å². The van der Waals surface area contributed by atoms with Crippen molar-refractivity contribution >= 4 is 11.0 Å². The van der Waals surface area contributed by atoms with Crippen LogP contribution in [0.15, 0.2) is 57.7 Å². The summed E-state index contributed by atoms with van der Waals surface area (Å²) in [6.07, 6.45) is 2.11. The minimum absolute atomic E-state index is 0.0713. The fraction of sp³-hybridized carbons (Fsp3) is 0.286. The predicted octanol–water partition coefficient (Wildman–Crippen LogP) is 5.37. The van der Waals surface area contributed by atoms with E-state index in [-0.39, 0.29) is 5.75 Å². The van der Waals surface area contributed by atoms with E-state index in [0.717, 1.165) is 29.5 Å². The summed E-state index contributed by atoms with van der Waals surface area (Å²) in [6, 6.07) is 13.9. The summed E-state index contributed by atoms with van der Waals surface area (Å²) in [6.45, 7) is 6.81. The van der Waals surface area contributed by atoms with Gasteiger partial charge in [0.2, 0.25) is 0 Å². The van der Waals surface area contributed by atoms with E-state index in [4.69, 9.17) is 9.15 Å². The maximum Gasteiger partial charge on any atom is 0.344 e. The highest BCUT2D eigenvalue weighted by molar-refractivity contribution is 5.82. The van der Waals surface area contributed by atoms with Crippen LogP contribution in [0.25, 0.3) is 22.1 Å². The maximum absolute atomic E-state index is 12.2. The Morgan fingerprint density at radius 2 is 1.76 bits per heavy atom. The lowest BCUT2D eigenvalue weighted by Gasteiger charge is -2.07. The normalized spacial score (nSPS) is 10.2. The number of phenolic OH excluding ortho intramolecular Hbond substituents is 1. The second-order valence-corrected chi connectivity index (χ2v) is 5.40. The molecule has 3 rings (SSSR count). The highest BCUT2D eigenvalue weighted by atomic mass is 16.5. The van der Waals surface area contributed by atoms with Gasteiger partial charge in [0.15, 0.2) is 0 Å².